The van der Waals surface area contributed by atoms with Crippen LogP contribution in [0.15, 0.2) is 23.8 Å². The van der Waals surface area contributed by atoms with Gasteiger partial charge >= 0.3 is 0 Å². The minimum atomic E-state index is 0.142. The van der Waals surface area contributed by atoms with Crippen molar-refractivity contribution in [2.45, 2.75) is 25.8 Å². The first-order chi connectivity index (χ1) is 6.24. The van der Waals surface area contributed by atoms with E-state index in [1.807, 2.05) is 14.0 Å². The number of nitrogens with two attached hydrogens (primary N) is 1. The SMILES string of the molecule is CNC/C=C(\C=C\C1CC1)C(C)N. The quantitative estimate of drug-likeness (QED) is 0.628. The molecule has 1 atom stereocenters. The number of nitrogens with one attached hydrogen (secondary N) is 1. The molecule has 0 aromatic rings. The molecule has 2 nitrogen and oxygen atoms in total. The van der Waals surface area contributed by atoms with Crippen LogP contribution in [-0.2, 0) is 0 Å². The van der Waals surface area contributed by atoms with Crippen molar-refractivity contribution in [3.05, 3.63) is 23.8 Å². The van der Waals surface area contributed by atoms with E-state index in [4.69, 9.17) is 5.73 Å². The summed E-state index contributed by atoms with van der Waals surface area (Å²) < 4.78 is 0. The fourth-order valence-corrected chi connectivity index (χ4v) is 1.16. The molecule has 0 radical (unpaired) electrons. The predicted molar refractivity (Wildman–Crippen MR) is 57.5 cm³/mol. The lowest BCUT2D eigenvalue weighted by molar-refractivity contribution is 0.853. The zero-order valence-corrected chi connectivity index (χ0v) is 8.59. The maximum atomic E-state index is 5.84. The Morgan fingerprint density at radius 1 is 1.62 bits per heavy atom. The molecule has 13 heavy (non-hydrogen) atoms. The van der Waals surface area contributed by atoms with E-state index in [-0.39, 0.29) is 6.04 Å². The largest absolute Gasteiger partial charge is 0.324 e. The maximum Gasteiger partial charge on any atom is 0.0263 e. The van der Waals surface area contributed by atoms with Crippen LogP contribution in [-0.4, -0.2) is 19.6 Å². The normalized spacial score (nSPS) is 21.0. The van der Waals surface area contributed by atoms with E-state index in [0.717, 1.165) is 12.5 Å². The Morgan fingerprint density at radius 2 is 2.31 bits per heavy atom. The van der Waals surface area contributed by atoms with Gasteiger partial charge in [0.2, 0.25) is 0 Å². The number of hydrogen-bond acceptors (Lipinski definition) is 2. The molecule has 0 saturated heterocycles. The highest BCUT2D eigenvalue weighted by molar-refractivity contribution is 5.25. The van der Waals surface area contributed by atoms with Gasteiger partial charge in [0.25, 0.3) is 0 Å². The highest BCUT2D eigenvalue weighted by atomic mass is 14.8. The molecule has 1 saturated carbocycles. The van der Waals surface area contributed by atoms with Crippen LogP contribution >= 0.6 is 0 Å². The van der Waals surface area contributed by atoms with E-state index >= 15 is 0 Å². The summed E-state index contributed by atoms with van der Waals surface area (Å²) in [4.78, 5) is 0. The summed E-state index contributed by atoms with van der Waals surface area (Å²) in [5, 5.41) is 3.09. The molecule has 74 valence electrons. The van der Waals surface area contributed by atoms with Crippen LogP contribution in [0.4, 0.5) is 0 Å². The second-order valence-electron chi connectivity index (χ2n) is 3.75. The minimum absolute atomic E-state index is 0.142. The molecule has 1 fully saturated rings. The van der Waals surface area contributed by atoms with Crippen molar-refractivity contribution in [3.63, 3.8) is 0 Å². The Labute approximate surface area is 80.9 Å². The van der Waals surface area contributed by atoms with E-state index in [1.165, 1.54) is 18.4 Å². The summed E-state index contributed by atoms with van der Waals surface area (Å²) in [6, 6.07) is 0.142. The van der Waals surface area contributed by atoms with Gasteiger partial charge < -0.3 is 11.1 Å². The van der Waals surface area contributed by atoms with Crippen molar-refractivity contribution < 1.29 is 0 Å². The van der Waals surface area contributed by atoms with Crippen molar-refractivity contribution >= 4 is 0 Å². The molecule has 0 bridgehead atoms. The summed E-state index contributed by atoms with van der Waals surface area (Å²) in [6.45, 7) is 2.92. The molecular weight excluding hydrogens is 160 g/mol. The Kier molecular flexibility index (Phi) is 4.19. The summed E-state index contributed by atoms with van der Waals surface area (Å²) in [6.07, 6.45) is 9.33. The van der Waals surface area contributed by atoms with Crippen molar-refractivity contribution in [1.29, 1.82) is 0 Å². The average molecular weight is 180 g/mol. The van der Waals surface area contributed by atoms with Gasteiger partial charge in [0, 0.05) is 12.6 Å². The van der Waals surface area contributed by atoms with Crippen molar-refractivity contribution in [1.82, 2.24) is 5.32 Å². The highest BCUT2D eigenvalue weighted by Crippen LogP contribution is 2.30. The standard InChI is InChI=1S/C11H20N2/c1-9(12)11(7-8-13-2)6-5-10-3-4-10/h5-7,9-10,13H,3-4,8,12H2,1-2H3/b6-5+,11-7+. The Bertz CT molecular complexity index is 200. The van der Waals surface area contributed by atoms with Gasteiger partial charge in [-0.2, -0.15) is 0 Å². The van der Waals surface area contributed by atoms with Crippen LogP contribution in [0, 0.1) is 5.92 Å². The Morgan fingerprint density at radius 3 is 2.77 bits per heavy atom. The fraction of sp³-hybridized carbons (Fsp3) is 0.636. The first-order valence-corrected chi connectivity index (χ1v) is 5.02. The summed E-state index contributed by atoms with van der Waals surface area (Å²) >= 11 is 0. The van der Waals surface area contributed by atoms with Gasteiger partial charge in [-0.05, 0) is 38.3 Å². The molecule has 0 heterocycles. The molecule has 0 spiro atoms. The molecule has 3 N–H and O–H groups in total. The van der Waals surface area contributed by atoms with Gasteiger partial charge in [0.05, 0.1) is 0 Å². The third kappa shape index (κ3) is 4.25. The van der Waals surface area contributed by atoms with E-state index < -0.39 is 0 Å². The zero-order valence-electron chi connectivity index (χ0n) is 8.59. The number of likely N-dealkylation sites (N-methyl/N-ethyl adjacent to an activating group) is 1. The maximum absolute atomic E-state index is 5.84. The molecular formula is C11H20N2. The number of allylic oxidation sites excluding steroid dienone is 1. The lowest BCUT2D eigenvalue weighted by atomic mass is 10.1. The van der Waals surface area contributed by atoms with Gasteiger partial charge in [-0.3, -0.25) is 0 Å². The molecule has 1 aliphatic rings. The lowest BCUT2D eigenvalue weighted by Crippen LogP contribution is -2.18. The van der Waals surface area contributed by atoms with Gasteiger partial charge in [0.15, 0.2) is 0 Å². The van der Waals surface area contributed by atoms with Crippen LogP contribution in [0.1, 0.15) is 19.8 Å². The first kappa shape index (κ1) is 10.5. The molecule has 0 amide bonds. The van der Waals surface area contributed by atoms with Crippen LogP contribution < -0.4 is 11.1 Å². The van der Waals surface area contributed by atoms with Crippen LogP contribution in [0.3, 0.4) is 0 Å². The first-order valence-electron chi connectivity index (χ1n) is 5.02. The topological polar surface area (TPSA) is 38.0 Å². The van der Waals surface area contributed by atoms with Gasteiger partial charge in [-0.15, -0.1) is 0 Å². The smallest absolute Gasteiger partial charge is 0.0263 e. The Hall–Kier alpha value is -0.600. The third-order valence-electron chi connectivity index (χ3n) is 2.25. The fourth-order valence-electron chi connectivity index (χ4n) is 1.16. The Balaban J connectivity index is 2.45. The van der Waals surface area contributed by atoms with E-state index in [0.29, 0.717) is 0 Å². The third-order valence-corrected chi connectivity index (χ3v) is 2.25. The molecule has 1 unspecified atom stereocenters. The van der Waals surface area contributed by atoms with Gasteiger partial charge in [-0.1, -0.05) is 18.2 Å². The molecule has 0 aromatic carbocycles. The second kappa shape index (κ2) is 5.20. The predicted octanol–water partition coefficient (Wildman–Crippen LogP) is 1.45. The van der Waals surface area contributed by atoms with Crippen molar-refractivity contribution in [2.75, 3.05) is 13.6 Å². The van der Waals surface area contributed by atoms with Crippen LogP contribution in [0.25, 0.3) is 0 Å². The molecule has 2 heteroatoms. The second-order valence-corrected chi connectivity index (χ2v) is 3.75. The molecule has 0 aromatic heterocycles. The average Bonchev–Trinajstić information content (AvgIpc) is 2.87. The van der Waals surface area contributed by atoms with Gasteiger partial charge in [-0.25, -0.2) is 0 Å². The van der Waals surface area contributed by atoms with E-state index in [2.05, 4.69) is 23.5 Å². The summed E-state index contributed by atoms with van der Waals surface area (Å²) in [7, 11) is 1.94. The van der Waals surface area contributed by atoms with E-state index in [9.17, 15) is 0 Å². The number of rotatable bonds is 5. The summed E-state index contributed by atoms with van der Waals surface area (Å²) in [5.41, 5.74) is 7.07. The van der Waals surface area contributed by atoms with Crippen molar-refractivity contribution in [3.8, 4) is 0 Å². The van der Waals surface area contributed by atoms with Crippen LogP contribution in [0.2, 0.25) is 0 Å². The molecule has 1 rings (SSSR count). The highest BCUT2D eigenvalue weighted by Gasteiger charge is 2.17. The van der Waals surface area contributed by atoms with Gasteiger partial charge in [0.1, 0.15) is 0 Å². The van der Waals surface area contributed by atoms with E-state index in [1.54, 1.807) is 0 Å². The van der Waals surface area contributed by atoms with Crippen LogP contribution in [0.5, 0.6) is 0 Å². The monoisotopic (exact) mass is 180 g/mol. The zero-order chi connectivity index (χ0) is 9.68. The lowest BCUT2D eigenvalue weighted by Gasteiger charge is -2.06. The number of hydrogen-bond donors (Lipinski definition) is 2. The molecule has 1 aliphatic carbocycles. The van der Waals surface area contributed by atoms with Crippen molar-refractivity contribution in [2.24, 2.45) is 11.7 Å². The minimum Gasteiger partial charge on any atom is -0.324 e. The molecule has 0 aliphatic heterocycles. The summed E-state index contributed by atoms with van der Waals surface area (Å²) in [5.74, 6) is 0.830.